The summed E-state index contributed by atoms with van der Waals surface area (Å²) in [6, 6.07) is 10.2. The summed E-state index contributed by atoms with van der Waals surface area (Å²) in [4.78, 5) is 14.4. The van der Waals surface area contributed by atoms with Gasteiger partial charge in [-0.25, -0.2) is 0 Å². The Balaban J connectivity index is 1.51. The van der Waals surface area contributed by atoms with E-state index < -0.39 is 5.79 Å². The average molecular weight is 289 g/mol. The molecular weight excluding hydrogens is 266 g/mol. The molecule has 114 valence electrons. The highest BCUT2D eigenvalue weighted by molar-refractivity contribution is 5.80. The van der Waals surface area contributed by atoms with Crippen molar-refractivity contribution < 1.29 is 14.3 Å². The minimum absolute atomic E-state index is 0.123. The first kappa shape index (κ1) is 14.5. The minimum Gasteiger partial charge on any atom is -0.348 e. The van der Waals surface area contributed by atoms with E-state index in [0.29, 0.717) is 13.2 Å². The van der Waals surface area contributed by atoms with E-state index in [4.69, 9.17) is 9.47 Å². The molecule has 4 heteroatoms. The number of benzene rings is 1. The molecule has 21 heavy (non-hydrogen) atoms. The maximum Gasteiger partial charge on any atom is 0.226 e. The van der Waals surface area contributed by atoms with E-state index >= 15 is 0 Å². The number of hydrogen-bond acceptors (Lipinski definition) is 3. The predicted molar refractivity (Wildman–Crippen MR) is 79.5 cm³/mol. The van der Waals surface area contributed by atoms with E-state index in [1.807, 2.05) is 30.0 Å². The molecule has 2 heterocycles. The lowest BCUT2D eigenvalue weighted by Gasteiger charge is -2.23. The predicted octanol–water partition coefficient (Wildman–Crippen LogP) is 2.58. The fraction of sp³-hybridized carbons (Fsp3) is 0.588. The summed E-state index contributed by atoms with van der Waals surface area (Å²) < 4.78 is 11.2. The summed E-state index contributed by atoms with van der Waals surface area (Å²) in [5, 5.41) is 0. The Morgan fingerprint density at radius 2 is 1.95 bits per heavy atom. The Hall–Kier alpha value is -1.39. The number of nitrogens with zero attached hydrogens (tertiary/aromatic N) is 1. The summed E-state index contributed by atoms with van der Waals surface area (Å²) in [6.07, 6.45) is 2.59. The number of amides is 1. The van der Waals surface area contributed by atoms with Gasteiger partial charge >= 0.3 is 0 Å². The second-order valence-corrected chi connectivity index (χ2v) is 6.10. The van der Waals surface area contributed by atoms with Crippen LogP contribution in [0.5, 0.6) is 0 Å². The Morgan fingerprint density at radius 3 is 2.67 bits per heavy atom. The second-order valence-electron chi connectivity index (χ2n) is 6.10. The molecule has 0 N–H and O–H groups in total. The Kier molecular flexibility index (Phi) is 4.27. The van der Waals surface area contributed by atoms with Crippen molar-refractivity contribution >= 4 is 5.91 Å². The van der Waals surface area contributed by atoms with Crippen LogP contribution in [0.2, 0.25) is 0 Å². The van der Waals surface area contributed by atoms with Crippen molar-refractivity contribution in [2.75, 3.05) is 19.8 Å². The van der Waals surface area contributed by atoms with Gasteiger partial charge in [-0.3, -0.25) is 4.79 Å². The topological polar surface area (TPSA) is 38.8 Å². The van der Waals surface area contributed by atoms with Crippen molar-refractivity contribution in [3.63, 3.8) is 0 Å². The maximum atomic E-state index is 12.5. The summed E-state index contributed by atoms with van der Waals surface area (Å²) >= 11 is 0. The number of hydrogen-bond donors (Lipinski definition) is 0. The van der Waals surface area contributed by atoms with Crippen molar-refractivity contribution in [1.29, 1.82) is 0 Å². The summed E-state index contributed by atoms with van der Waals surface area (Å²) in [5.74, 6) is -0.0774. The van der Waals surface area contributed by atoms with Crippen LogP contribution in [0.15, 0.2) is 30.3 Å². The first-order valence-corrected chi connectivity index (χ1v) is 7.77. The lowest BCUT2D eigenvalue weighted by Crippen LogP contribution is -2.29. The van der Waals surface area contributed by atoms with Gasteiger partial charge in [-0.05, 0) is 25.3 Å². The van der Waals surface area contributed by atoms with Gasteiger partial charge in [0.15, 0.2) is 5.79 Å². The van der Waals surface area contributed by atoms with Crippen molar-refractivity contribution in [2.45, 2.75) is 38.5 Å². The number of rotatable bonds is 5. The minimum atomic E-state index is -0.479. The van der Waals surface area contributed by atoms with Gasteiger partial charge in [0.1, 0.15) is 0 Å². The molecule has 4 nitrogen and oxygen atoms in total. The molecule has 2 aliphatic heterocycles. The summed E-state index contributed by atoms with van der Waals surface area (Å²) in [5.41, 5.74) is 1.20. The van der Waals surface area contributed by atoms with Crippen LogP contribution in [0.4, 0.5) is 0 Å². The van der Waals surface area contributed by atoms with Crippen molar-refractivity contribution in [3.8, 4) is 0 Å². The van der Waals surface area contributed by atoms with E-state index in [2.05, 4.69) is 12.1 Å². The van der Waals surface area contributed by atoms with Crippen molar-refractivity contribution in [2.24, 2.45) is 5.92 Å². The van der Waals surface area contributed by atoms with Crippen LogP contribution in [-0.4, -0.2) is 36.4 Å². The van der Waals surface area contributed by atoms with Crippen LogP contribution >= 0.6 is 0 Å². The van der Waals surface area contributed by atoms with Gasteiger partial charge in [-0.2, -0.15) is 0 Å². The van der Waals surface area contributed by atoms with Crippen LogP contribution in [0.1, 0.15) is 31.7 Å². The molecule has 3 rings (SSSR count). The molecule has 2 aliphatic rings. The van der Waals surface area contributed by atoms with Crippen LogP contribution in [0.25, 0.3) is 0 Å². The standard InChI is InChI=1S/C17H23NO3/c1-17(20-11-12-21-17)9-7-15-8-10-18(16(15)19)13-14-5-3-2-4-6-14/h2-6,15H,7-13H2,1H3/t15-/m0/s1. The Bertz CT molecular complexity index is 482. The molecule has 0 bridgehead atoms. The van der Waals surface area contributed by atoms with E-state index in [9.17, 15) is 4.79 Å². The van der Waals surface area contributed by atoms with Gasteiger partial charge < -0.3 is 14.4 Å². The van der Waals surface area contributed by atoms with E-state index in [0.717, 1.165) is 32.4 Å². The van der Waals surface area contributed by atoms with Crippen LogP contribution in [-0.2, 0) is 20.8 Å². The highest BCUT2D eigenvalue weighted by Crippen LogP contribution is 2.30. The van der Waals surface area contributed by atoms with Crippen molar-refractivity contribution in [1.82, 2.24) is 4.90 Å². The molecular formula is C17H23NO3. The van der Waals surface area contributed by atoms with E-state index in [-0.39, 0.29) is 11.8 Å². The molecule has 0 radical (unpaired) electrons. The lowest BCUT2D eigenvalue weighted by atomic mass is 9.98. The zero-order valence-corrected chi connectivity index (χ0v) is 12.6. The molecule has 1 atom stereocenters. The number of ether oxygens (including phenoxy) is 2. The van der Waals surface area contributed by atoms with E-state index in [1.165, 1.54) is 5.56 Å². The normalized spacial score (nSPS) is 24.7. The highest BCUT2D eigenvalue weighted by atomic mass is 16.7. The van der Waals surface area contributed by atoms with Crippen LogP contribution in [0.3, 0.4) is 0 Å². The number of carbonyl (C=O) groups excluding carboxylic acids is 1. The third-order valence-corrected chi connectivity index (χ3v) is 4.47. The van der Waals surface area contributed by atoms with Gasteiger partial charge in [0, 0.05) is 25.4 Å². The van der Waals surface area contributed by atoms with Gasteiger partial charge in [0.2, 0.25) is 5.91 Å². The van der Waals surface area contributed by atoms with Gasteiger partial charge in [0.05, 0.1) is 13.2 Å². The number of carbonyl (C=O) groups is 1. The quantitative estimate of drug-likeness (QED) is 0.836. The fourth-order valence-electron chi connectivity index (χ4n) is 3.17. The molecule has 1 aromatic carbocycles. The zero-order chi connectivity index (χ0) is 14.7. The summed E-state index contributed by atoms with van der Waals surface area (Å²) in [6.45, 7) is 4.88. The Morgan fingerprint density at radius 1 is 1.24 bits per heavy atom. The molecule has 0 unspecified atom stereocenters. The molecule has 0 saturated carbocycles. The van der Waals surface area contributed by atoms with E-state index in [1.54, 1.807) is 0 Å². The van der Waals surface area contributed by atoms with Gasteiger partial charge in [0.25, 0.3) is 0 Å². The molecule has 0 spiro atoms. The largest absolute Gasteiger partial charge is 0.348 e. The smallest absolute Gasteiger partial charge is 0.226 e. The molecule has 2 fully saturated rings. The van der Waals surface area contributed by atoms with Crippen LogP contribution in [0, 0.1) is 5.92 Å². The summed E-state index contributed by atoms with van der Waals surface area (Å²) in [7, 11) is 0. The first-order chi connectivity index (χ1) is 10.2. The molecule has 0 aromatic heterocycles. The first-order valence-electron chi connectivity index (χ1n) is 7.77. The van der Waals surface area contributed by atoms with Crippen LogP contribution < -0.4 is 0 Å². The molecule has 1 amide bonds. The third kappa shape index (κ3) is 3.44. The molecule has 1 aromatic rings. The second kappa shape index (κ2) is 6.16. The van der Waals surface area contributed by atoms with Gasteiger partial charge in [-0.1, -0.05) is 30.3 Å². The zero-order valence-electron chi connectivity index (χ0n) is 12.6. The SMILES string of the molecule is CC1(CC[C@H]2CCN(Cc3ccccc3)C2=O)OCCO1. The highest BCUT2D eigenvalue weighted by Gasteiger charge is 2.36. The van der Waals surface area contributed by atoms with Crippen molar-refractivity contribution in [3.05, 3.63) is 35.9 Å². The number of likely N-dealkylation sites (tertiary alicyclic amines) is 1. The lowest BCUT2D eigenvalue weighted by molar-refractivity contribution is -0.151. The fourth-order valence-corrected chi connectivity index (χ4v) is 3.17. The molecule has 0 aliphatic carbocycles. The molecule has 2 saturated heterocycles. The maximum absolute atomic E-state index is 12.5. The monoisotopic (exact) mass is 289 g/mol. The third-order valence-electron chi connectivity index (χ3n) is 4.47. The average Bonchev–Trinajstić information content (AvgIpc) is 3.07. The Labute approximate surface area is 126 Å². The van der Waals surface area contributed by atoms with Gasteiger partial charge in [-0.15, -0.1) is 0 Å².